The molecule has 2 atom stereocenters. The zero-order valence-electron chi connectivity index (χ0n) is 20.3. The number of nitrogens with one attached hydrogen (secondary N) is 1. The minimum Gasteiger partial charge on any atom is -0.475 e. The molecule has 2 aromatic rings. The minimum absolute atomic E-state index is 0.170. The number of anilines is 2. The molecule has 2 aliphatic heterocycles. The summed E-state index contributed by atoms with van der Waals surface area (Å²) in [6.07, 6.45) is -1.20. The number of aromatic nitrogens is 1. The van der Waals surface area contributed by atoms with Crippen LogP contribution in [0.2, 0.25) is 0 Å². The van der Waals surface area contributed by atoms with Gasteiger partial charge in [0, 0.05) is 36.5 Å². The van der Waals surface area contributed by atoms with Gasteiger partial charge in [-0.15, -0.1) is 0 Å². The smallest absolute Gasteiger partial charge is 0.475 e. The highest BCUT2D eigenvalue weighted by molar-refractivity contribution is 6.06. The Bertz CT molecular complexity index is 1050. The number of amides is 1. The Morgan fingerprint density at radius 2 is 1.86 bits per heavy atom. The monoisotopic (exact) mass is 496 g/mol. The fourth-order valence-corrected chi connectivity index (χ4v) is 4.72. The van der Waals surface area contributed by atoms with Crippen LogP contribution < -0.4 is 10.2 Å². The van der Waals surface area contributed by atoms with Crippen LogP contribution in [0.5, 0.6) is 0 Å². The van der Waals surface area contributed by atoms with E-state index in [1.54, 1.807) is 13.8 Å². The number of hydrogen-bond donors (Lipinski definition) is 2. The number of likely N-dealkylation sites (tertiary alicyclic amines) is 1. The molecule has 4 rings (SSSR count). The molecule has 192 valence electrons. The van der Waals surface area contributed by atoms with E-state index in [9.17, 15) is 18.0 Å². The highest BCUT2D eigenvalue weighted by atomic mass is 19.4. The molecule has 2 aliphatic rings. The predicted octanol–water partition coefficient (Wildman–Crippen LogP) is 4.55. The van der Waals surface area contributed by atoms with Gasteiger partial charge in [0.15, 0.2) is 0 Å². The quantitative estimate of drug-likeness (QED) is 0.641. The van der Waals surface area contributed by atoms with Gasteiger partial charge in [-0.05, 0) is 77.3 Å². The van der Waals surface area contributed by atoms with Crippen molar-refractivity contribution in [3.63, 3.8) is 0 Å². The first kappa shape index (κ1) is 26.5. The molecule has 0 spiro atoms. The van der Waals surface area contributed by atoms with E-state index < -0.39 is 12.1 Å². The van der Waals surface area contributed by atoms with Crippen molar-refractivity contribution >= 4 is 23.3 Å². The summed E-state index contributed by atoms with van der Waals surface area (Å²) in [4.78, 5) is 26.7. The van der Waals surface area contributed by atoms with Crippen molar-refractivity contribution in [2.45, 2.75) is 65.2 Å². The maximum absolute atomic E-state index is 12.6. The van der Waals surface area contributed by atoms with E-state index in [-0.39, 0.29) is 5.91 Å². The number of aliphatic carboxylic acids is 1. The van der Waals surface area contributed by atoms with Gasteiger partial charge in [-0.2, -0.15) is 13.2 Å². The lowest BCUT2D eigenvalue weighted by atomic mass is 10.1. The molecule has 8 nitrogen and oxygen atoms in total. The van der Waals surface area contributed by atoms with Crippen molar-refractivity contribution in [1.29, 1.82) is 0 Å². The molecule has 2 N–H and O–H groups in total. The van der Waals surface area contributed by atoms with Crippen molar-refractivity contribution in [2.75, 3.05) is 29.9 Å². The molecular weight excluding hydrogens is 465 g/mol. The summed E-state index contributed by atoms with van der Waals surface area (Å²) in [5.74, 6) is -2.38. The summed E-state index contributed by atoms with van der Waals surface area (Å²) in [5, 5.41) is 14.0. The fraction of sp³-hybridized carbons (Fsp3) is 0.542. The maximum atomic E-state index is 12.6. The molecule has 2 saturated heterocycles. The van der Waals surface area contributed by atoms with Crippen LogP contribution in [-0.4, -0.2) is 64.9 Å². The molecule has 1 aromatic heterocycles. The van der Waals surface area contributed by atoms with Crippen molar-refractivity contribution < 1.29 is 32.4 Å². The molecule has 3 heterocycles. The average molecular weight is 497 g/mol. The number of alkyl halides is 3. The number of carbonyl (C=O) groups excluding carboxylic acids is 1. The van der Waals surface area contributed by atoms with Crippen molar-refractivity contribution in [1.82, 2.24) is 10.1 Å². The van der Waals surface area contributed by atoms with Crippen molar-refractivity contribution in [2.24, 2.45) is 0 Å². The molecule has 35 heavy (non-hydrogen) atoms. The van der Waals surface area contributed by atoms with Crippen LogP contribution in [0.4, 0.5) is 24.5 Å². The lowest BCUT2D eigenvalue weighted by Gasteiger charge is -2.28. The van der Waals surface area contributed by atoms with Crippen LogP contribution in [0, 0.1) is 20.8 Å². The van der Waals surface area contributed by atoms with Crippen molar-refractivity contribution in [3.8, 4) is 0 Å². The van der Waals surface area contributed by atoms with Gasteiger partial charge in [0.1, 0.15) is 11.3 Å². The first-order valence-electron chi connectivity index (χ1n) is 11.5. The van der Waals surface area contributed by atoms with E-state index in [2.05, 4.69) is 39.3 Å². The molecule has 2 fully saturated rings. The number of carboxylic acid groups (broad SMARTS) is 1. The summed E-state index contributed by atoms with van der Waals surface area (Å²) >= 11 is 0. The number of nitrogens with zero attached hydrogens (tertiary/aromatic N) is 3. The summed E-state index contributed by atoms with van der Waals surface area (Å²) in [6, 6.07) is 7.68. The molecule has 0 aliphatic carbocycles. The van der Waals surface area contributed by atoms with Crippen LogP contribution in [0.15, 0.2) is 22.7 Å². The normalized spacial score (nSPS) is 20.5. The minimum atomic E-state index is -5.08. The lowest BCUT2D eigenvalue weighted by Crippen LogP contribution is -2.39. The Morgan fingerprint density at radius 1 is 1.17 bits per heavy atom. The number of hydrogen-bond acceptors (Lipinski definition) is 6. The van der Waals surface area contributed by atoms with Gasteiger partial charge in [0.25, 0.3) is 5.91 Å². The van der Waals surface area contributed by atoms with E-state index >= 15 is 0 Å². The van der Waals surface area contributed by atoms with Crippen LogP contribution in [-0.2, 0) is 4.79 Å². The van der Waals surface area contributed by atoms with E-state index in [0.717, 1.165) is 24.3 Å². The Balaban J connectivity index is 0.000000429. The second kappa shape index (κ2) is 10.7. The second-order valence-electron chi connectivity index (χ2n) is 9.07. The highest BCUT2D eigenvalue weighted by Crippen LogP contribution is 2.30. The topological polar surface area (TPSA) is 98.9 Å². The largest absolute Gasteiger partial charge is 0.490 e. The maximum Gasteiger partial charge on any atom is 0.490 e. The Morgan fingerprint density at radius 3 is 2.37 bits per heavy atom. The number of rotatable bonds is 4. The van der Waals surface area contributed by atoms with Gasteiger partial charge in [-0.1, -0.05) is 5.16 Å². The van der Waals surface area contributed by atoms with E-state index in [1.165, 1.54) is 31.5 Å². The number of halogens is 3. The third kappa shape index (κ3) is 6.33. The summed E-state index contributed by atoms with van der Waals surface area (Å²) in [6.45, 7) is 11.4. The van der Waals surface area contributed by atoms with Gasteiger partial charge in [-0.25, -0.2) is 4.79 Å². The van der Waals surface area contributed by atoms with Crippen molar-refractivity contribution in [3.05, 3.63) is 40.8 Å². The molecule has 0 saturated carbocycles. The molecule has 0 radical (unpaired) electrons. The highest BCUT2D eigenvalue weighted by Gasteiger charge is 2.38. The standard InChI is InChI=1S/C22H30N4O2.C2HF3O2/c1-14-12-18(25-11-9-19(13-25)26-10-5-6-15(26)2)7-8-20(14)23-22(27)21-16(3)24-28-17(21)4;3-2(4,5)1(6)7/h7-8,12,15,19H,5-6,9-11,13H2,1-4H3,(H,23,27);(H,6,7). The molecular formula is C24H31F3N4O4. The van der Waals surface area contributed by atoms with Crippen LogP contribution in [0.25, 0.3) is 0 Å². The van der Waals surface area contributed by atoms with Gasteiger partial charge in [-0.3, -0.25) is 9.69 Å². The predicted molar refractivity (Wildman–Crippen MR) is 125 cm³/mol. The van der Waals surface area contributed by atoms with Crippen LogP contribution in [0.1, 0.15) is 53.6 Å². The van der Waals surface area contributed by atoms with Gasteiger partial charge in [0.05, 0.1) is 5.69 Å². The first-order chi connectivity index (χ1) is 16.4. The van der Waals surface area contributed by atoms with E-state index in [4.69, 9.17) is 14.4 Å². The Kier molecular flexibility index (Phi) is 8.09. The van der Waals surface area contributed by atoms with Gasteiger partial charge >= 0.3 is 12.1 Å². The lowest BCUT2D eigenvalue weighted by molar-refractivity contribution is -0.192. The fourth-order valence-electron chi connectivity index (χ4n) is 4.72. The number of aryl methyl sites for hydroxylation is 3. The van der Waals surface area contributed by atoms with Gasteiger partial charge < -0.3 is 19.8 Å². The Hall–Kier alpha value is -3.08. The van der Waals surface area contributed by atoms with Gasteiger partial charge in [0.2, 0.25) is 0 Å². The molecule has 11 heteroatoms. The zero-order chi connectivity index (χ0) is 25.9. The van der Waals surface area contributed by atoms with Crippen LogP contribution >= 0.6 is 0 Å². The number of carboxylic acids is 1. The molecule has 0 bridgehead atoms. The third-order valence-electron chi connectivity index (χ3n) is 6.56. The average Bonchev–Trinajstić information content (AvgIpc) is 3.49. The number of benzene rings is 1. The molecule has 1 aromatic carbocycles. The summed E-state index contributed by atoms with van der Waals surface area (Å²) in [5.41, 5.74) is 4.27. The first-order valence-corrected chi connectivity index (χ1v) is 11.5. The Labute approximate surface area is 202 Å². The van der Waals surface area contributed by atoms with E-state index in [0.29, 0.717) is 29.1 Å². The summed E-state index contributed by atoms with van der Waals surface area (Å²) in [7, 11) is 0. The third-order valence-corrected chi connectivity index (χ3v) is 6.56. The molecule has 2 unspecified atom stereocenters. The molecule has 1 amide bonds. The number of carbonyl (C=O) groups is 2. The van der Waals surface area contributed by atoms with E-state index in [1.807, 2.05) is 13.0 Å². The second-order valence-corrected chi connectivity index (χ2v) is 9.07. The summed E-state index contributed by atoms with van der Waals surface area (Å²) < 4.78 is 36.8. The van der Waals surface area contributed by atoms with Crippen LogP contribution in [0.3, 0.4) is 0 Å². The zero-order valence-corrected chi connectivity index (χ0v) is 20.3. The SMILES string of the molecule is Cc1cc(N2CCC(N3CCCC3C)C2)ccc1NC(=O)c1c(C)noc1C.O=C(O)C(F)(F)F.